The number of hydrogen-bond donors (Lipinski definition) is 2. The van der Waals surface area contributed by atoms with Gasteiger partial charge in [-0.05, 0) is 42.5 Å². The van der Waals surface area contributed by atoms with Crippen molar-refractivity contribution in [2.24, 2.45) is 0 Å². The van der Waals surface area contributed by atoms with Crippen LogP contribution in [-0.2, 0) is 0 Å². The van der Waals surface area contributed by atoms with Gasteiger partial charge in [-0.15, -0.1) is 0 Å². The fourth-order valence-corrected chi connectivity index (χ4v) is 3.06. The van der Waals surface area contributed by atoms with E-state index in [2.05, 4.69) is 15.3 Å². The Morgan fingerprint density at radius 3 is 2.58 bits per heavy atom. The van der Waals surface area contributed by atoms with Gasteiger partial charge in [-0.1, -0.05) is 23.2 Å². The molecule has 4 nitrogen and oxygen atoms in total. The Morgan fingerprint density at radius 2 is 1.79 bits per heavy atom. The molecule has 0 aliphatic carbocycles. The Morgan fingerprint density at radius 1 is 1.00 bits per heavy atom. The minimum Gasteiger partial charge on any atom is -0.352 e. The molecule has 4 rings (SSSR count). The number of amides is 1. The minimum absolute atomic E-state index is 0.230. The lowest BCUT2D eigenvalue weighted by Gasteiger charge is -2.08. The van der Waals surface area contributed by atoms with Gasteiger partial charge in [0.25, 0.3) is 5.91 Å². The Labute approximate surface area is 147 Å². The number of carbonyl (C=O) groups is 1. The summed E-state index contributed by atoms with van der Waals surface area (Å²) in [6.45, 7) is 0. The van der Waals surface area contributed by atoms with Gasteiger partial charge >= 0.3 is 0 Å². The van der Waals surface area contributed by atoms with E-state index in [1.165, 1.54) is 0 Å². The molecule has 0 radical (unpaired) electrons. The van der Waals surface area contributed by atoms with Gasteiger partial charge < -0.3 is 10.3 Å². The van der Waals surface area contributed by atoms with Crippen molar-refractivity contribution in [2.45, 2.75) is 0 Å². The molecule has 0 bridgehead atoms. The summed E-state index contributed by atoms with van der Waals surface area (Å²) in [5, 5.41) is 5.98. The van der Waals surface area contributed by atoms with E-state index in [1.807, 2.05) is 12.1 Å². The second-order valence-corrected chi connectivity index (χ2v) is 6.26. The van der Waals surface area contributed by atoms with Crippen LogP contribution in [0.2, 0.25) is 10.0 Å². The third-order valence-electron chi connectivity index (χ3n) is 3.83. The van der Waals surface area contributed by atoms with Crippen molar-refractivity contribution in [3.8, 4) is 0 Å². The van der Waals surface area contributed by atoms with Crippen molar-refractivity contribution < 1.29 is 4.79 Å². The van der Waals surface area contributed by atoms with Crippen molar-refractivity contribution in [3.63, 3.8) is 0 Å². The van der Waals surface area contributed by atoms with E-state index >= 15 is 0 Å². The highest BCUT2D eigenvalue weighted by Crippen LogP contribution is 2.33. The van der Waals surface area contributed by atoms with Gasteiger partial charge in [0.1, 0.15) is 0 Å². The van der Waals surface area contributed by atoms with Crippen LogP contribution in [0.5, 0.6) is 0 Å². The zero-order valence-electron chi connectivity index (χ0n) is 12.3. The molecule has 118 valence electrons. The first-order valence-electron chi connectivity index (χ1n) is 7.24. The summed E-state index contributed by atoms with van der Waals surface area (Å²) in [5.41, 5.74) is 2.83. The third-order valence-corrected chi connectivity index (χ3v) is 4.30. The van der Waals surface area contributed by atoms with Crippen molar-refractivity contribution in [1.29, 1.82) is 0 Å². The quantitative estimate of drug-likeness (QED) is 0.514. The van der Waals surface area contributed by atoms with E-state index in [-0.39, 0.29) is 5.91 Å². The van der Waals surface area contributed by atoms with Gasteiger partial charge in [0.15, 0.2) is 0 Å². The van der Waals surface area contributed by atoms with E-state index in [0.717, 1.165) is 21.8 Å². The van der Waals surface area contributed by atoms with Gasteiger partial charge in [-0.2, -0.15) is 0 Å². The first-order chi connectivity index (χ1) is 11.6. The Balaban J connectivity index is 1.81. The number of rotatable bonds is 2. The van der Waals surface area contributed by atoms with Crippen LogP contribution in [0.3, 0.4) is 0 Å². The van der Waals surface area contributed by atoms with Crippen molar-refractivity contribution >= 4 is 56.6 Å². The summed E-state index contributed by atoms with van der Waals surface area (Å²) in [4.78, 5) is 19.9. The summed E-state index contributed by atoms with van der Waals surface area (Å²) in [7, 11) is 0. The normalized spacial score (nSPS) is 11.1. The molecule has 2 aromatic heterocycles. The van der Waals surface area contributed by atoms with Crippen LogP contribution in [0.4, 0.5) is 5.69 Å². The molecule has 0 unspecified atom stereocenters. The lowest BCUT2D eigenvalue weighted by atomic mass is 10.1. The number of H-pyrrole nitrogens is 1. The molecule has 2 N–H and O–H groups in total. The molecular formula is C18H11Cl2N3O. The second-order valence-electron chi connectivity index (χ2n) is 5.38. The molecule has 2 aromatic carbocycles. The lowest BCUT2D eigenvalue weighted by molar-refractivity contribution is 0.102. The predicted octanol–water partition coefficient (Wildman–Crippen LogP) is 5.28. The molecule has 0 fully saturated rings. The molecule has 1 amide bonds. The highest BCUT2D eigenvalue weighted by Gasteiger charge is 2.13. The van der Waals surface area contributed by atoms with Crippen LogP contribution in [0.25, 0.3) is 21.8 Å². The summed E-state index contributed by atoms with van der Waals surface area (Å²) in [5.74, 6) is -0.230. The van der Waals surface area contributed by atoms with Crippen LogP contribution < -0.4 is 5.32 Å². The molecule has 0 spiro atoms. The maximum atomic E-state index is 12.5. The predicted molar refractivity (Wildman–Crippen MR) is 98.0 cm³/mol. The number of fused-ring (bicyclic) bond motifs is 3. The smallest absolute Gasteiger partial charge is 0.255 e. The number of aromatic amines is 1. The zero-order valence-corrected chi connectivity index (χ0v) is 13.8. The molecule has 4 aromatic rings. The Hall–Kier alpha value is -2.56. The fourth-order valence-electron chi connectivity index (χ4n) is 2.71. The van der Waals surface area contributed by atoms with Gasteiger partial charge in [0.05, 0.1) is 22.9 Å². The number of halogens is 2. The number of carbonyl (C=O) groups excluding carboxylic acids is 1. The van der Waals surface area contributed by atoms with Gasteiger partial charge in [0.2, 0.25) is 0 Å². The monoisotopic (exact) mass is 355 g/mol. The molecule has 0 aliphatic heterocycles. The molecule has 0 atom stereocenters. The number of nitrogens with zero attached hydrogens (tertiary/aromatic N) is 1. The number of pyridine rings is 1. The SMILES string of the molecule is O=C(Nc1cc(Cl)cc2c1[nH]c1cnccc12)c1ccc(Cl)cc1. The number of aromatic nitrogens is 2. The summed E-state index contributed by atoms with van der Waals surface area (Å²) in [6.07, 6.45) is 3.47. The van der Waals surface area contributed by atoms with Crippen molar-refractivity contribution in [1.82, 2.24) is 9.97 Å². The first-order valence-corrected chi connectivity index (χ1v) is 7.99. The summed E-state index contributed by atoms with van der Waals surface area (Å²) < 4.78 is 0. The maximum Gasteiger partial charge on any atom is 0.255 e. The van der Waals surface area contributed by atoms with Crippen LogP contribution in [0.1, 0.15) is 10.4 Å². The number of benzene rings is 2. The fraction of sp³-hybridized carbons (Fsp3) is 0. The maximum absolute atomic E-state index is 12.5. The van der Waals surface area contributed by atoms with Crippen molar-refractivity contribution in [3.05, 3.63) is 70.5 Å². The first kappa shape index (κ1) is 15.0. The largest absolute Gasteiger partial charge is 0.352 e. The Kier molecular flexibility index (Phi) is 3.63. The standard InChI is InChI=1S/C18H11Cl2N3O/c19-11-3-1-10(2-4-11)18(24)23-15-8-12(20)7-14-13-5-6-21-9-16(13)22-17(14)15/h1-9,22H,(H,23,24). The molecular weight excluding hydrogens is 345 g/mol. The van der Waals surface area contributed by atoms with Crippen LogP contribution in [0, 0.1) is 0 Å². The van der Waals surface area contributed by atoms with Gasteiger partial charge in [-0.25, -0.2) is 0 Å². The summed E-state index contributed by atoms with van der Waals surface area (Å²) in [6, 6.07) is 12.2. The molecule has 0 saturated carbocycles. The van der Waals surface area contributed by atoms with E-state index in [0.29, 0.717) is 21.3 Å². The van der Waals surface area contributed by atoms with Gasteiger partial charge in [0, 0.05) is 32.6 Å². The molecule has 0 saturated heterocycles. The number of anilines is 1. The highest BCUT2D eigenvalue weighted by molar-refractivity contribution is 6.33. The van der Waals surface area contributed by atoms with Crippen LogP contribution in [-0.4, -0.2) is 15.9 Å². The second kappa shape index (κ2) is 5.82. The van der Waals surface area contributed by atoms with E-state index in [4.69, 9.17) is 23.2 Å². The van der Waals surface area contributed by atoms with E-state index in [9.17, 15) is 4.79 Å². The van der Waals surface area contributed by atoms with E-state index < -0.39 is 0 Å². The molecule has 24 heavy (non-hydrogen) atoms. The zero-order chi connectivity index (χ0) is 16.7. The summed E-state index contributed by atoms with van der Waals surface area (Å²) >= 11 is 12.1. The molecule has 0 aliphatic rings. The number of hydrogen-bond acceptors (Lipinski definition) is 2. The molecule has 6 heteroatoms. The number of nitrogens with one attached hydrogen (secondary N) is 2. The van der Waals surface area contributed by atoms with Crippen LogP contribution >= 0.6 is 23.2 Å². The Bertz CT molecular complexity index is 1070. The highest BCUT2D eigenvalue weighted by atomic mass is 35.5. The van der Waals surface area contributed by atoms with Gasteiger partial charge in [-0.3, -0.25) is 9.78 Å². The molecule has 2 heterocycles. The van der Waals surface area contributed by atoms with Crippen molar-refractivity contribution in [2.75, 3.05) is 5.32 Å². The third kappa shape index (κ3) is 2.60. The minimum atomic E-state index is -0.230. The van der Waals surface area contributed by atoms with Crippen LogP contribution in [0.15, 0.2) is 54.9 Å². The van der Waals surface area contributed by atoms with E-state index in [1.54, 1.807) is 42.7 Å². The topological polar surface area (TPSA) is 57.8 Å². The average Bonchev–Trinajstić information content (AvgIpc) is 2.94. The lowest BCUT2D eigenvalue weighted by Crippen LogP contribution is -2.12. The average molecular weight is 356 g/mol.